The number of rotatable bonds is 2. The first-order chi connectivity index (χ1) is 7.15. The molecule has 0 radical (unpaired) electrons. The van der Waals surface area contributed by atoms with Crippen molar-refractivity contribution in [2.75, 3.05) is 11.1 Å². The van der Waals surface area contributed by atoms with Crippen LogP contribution in [0.2, 0.25) is 0 Å². The van der Waals surface area contributed by atoms with Crippen molar-refractivity contribution >= 4 is 28.3 Å². The van der Waals surface area contributed by atoms with E-state index in [0.717, 1.165) is 5.01 Å². The van der Waals surface area contributed by atoms with E-state index in [2.05, 4.69) is 30.7 Å². The Balaban J connectivity index is 2.10. The zero-order valence-corrected chi connectivity index (χ0v) is 8.50. The van der Waals surface area contributed by atoms with Gasteiger partial charge in [-0.15, -0.1) is 15.3 Å². The number of nitrogens with zero attached hydrogens (tertiary/aromatic N) is 4. The van der Waals surface area contributed by atoms with E-state index in [1.807, 2.05) is 0 Å². The van der Waals surface area contributed by atoms with E-state index < -0.39 is 5.91 Å². The fourth-order valence-corrected chi connectivity index (χ4v) is 1.47. The van der Waals surface area contributed by atoms with Crippen LogP contribution in [0.3, 0.4) is 0 Å². The van der Waals surface area contributed by atoms with Crippen molar-refractivity contribution in [3.63, 3.8) is 0 Å². The molecule has 2 aromatic heterocycles. The molecule has 0 bridgehead atoms. The molecule has 78 valence electrons. The molecule has 0 saturated carbocycles. The molecule has 8 nitrogen and oxygen atoms in total. The lowest BCUT2D eigenvalue weighted by Gasteiger charge is -1.94. The predicted molar refractivity (Wildman–Crippen MR) is 53.4 cm³/mol. The highest BCUT2D eigenvalue weighted by Crippen LogP contribution is 2.14. The van der Waals surface area contributed by atoms with Gasteiger partial charge in [-0.2, -0.15) is 4.98 Å². The lowest BCUT2D eigenvalue weighted by Crippen LogP contribution is -2.13. The smallest absolute Gasteiger partial charge is 0.294 e. The van der Waals surface area contributed by atoms with Gasteiger partial charge in [-0.1, -0.05) is 11.3 Å². The van der Waals surface area contributed by atoms with Crippen molar-refractivity contribution in [3.8, 4) is 0 Å². The van der Waals surface area contributed by atoms with E-state index in [4.69, 9.17) is 5.73 Å². The minimum absolute atomic E-state index is 0.0218. The molecule has 2 rings (SSSR count). The zero-order chi connectivity index (χ0) is 10.8. The second-order valence-electron chi connectivity index (χ2n) is 2.62. The fourth-order valence-electron chi connectivity index (χ4n) is 0.880. The van der Waals surface area contributed by atoms with Crippen LogP contribution in [0.15, 0.2) is 0 Å². The third-order valence-electron chi connectivity index (χ3n) is 1.46. The van der Waals surface area contributed by atoms with E-state index in [9.17, 15) is 4.79 Å². The van der Waals surface area contributed by atoms with Crippen LogP contribution in [-0.4, -0.2) is 31.3 Å². The number of carbonyl (C=O) groups is 1. The molecule has 0 fully saturated rings. The molecule has 2 aromatic rings. The molecular formula is C6H7N7OS. The number of anilines is 2. The fraction of sp³-hybridized carbons (Fsp3) is 0.167. The van der Waals surface area contributed by atoms with Gasteiger partial charge in [0, 0.05) is 0 Å². The van der Waals surface area contributed by atoms with Gasteiger partial charge in [0.1, 0.15) is 5.01 Å². The summed E-state index contributed by atoms with van der Waals surface area (Å²) in [5.74, 6) is -0.385. The molecule has 0 aliphatic carbocycles. The van der Waals surface area contributed by atoms with Gasteiger partial charge in [0.2, 0.25) is 16.9 Å². The van der Waals surface area contributed by atoms with Crippen LogP contribution in [0, 0.1) is 6.92 Å². The summed E-state index contributed by atoms with van der Waals surface area (Å²) < 4.78 is 0. The average Bonchev–Trinajstić information content (AvgIpc) is 2.75. The monoisotopic (exact) mass is 225 g/mol. The summed E-state index contributed by atoms with van der Waals surface area (Å²) in [6, 6.07) is 0. The van der Waals surface area contributed by atoms with Gasteiger partial charge in [0.25, 0.3) is 5.91 Å². The Bertz CT molecular complexity index is 489. The number of nitrogens with two attached hydrogens (primary N) is 1. The van der Waals surface area contributed by atoms with Gasteiger partial charge in [-0.25, -0.2) is 0 Å². The van der Waals surface area contributed by atoms with Crippen molar-refractivity contribution in [2.24, 2.45) is 0 Å². The Morgan fingerprint density at radius 1 is 1.53 bits per heavy atom. The molecular weight excluding hydrogens is 218 g/mol. The molecule has 1 amide bonds. The van der Waals surface area contributed by atoms with Crippen LogP contribution < -0.4 is 11.1 Å². The van der Waals surface area contributed by atoms with Crippen molar-refractivity contribution in [2.45, 2.75) is 6.92 Å². The highest BCUT2D eigenvalue weighted by molar-refractivity contribution is 7.15. The van der Waals surface area contributed by atoms with Crippen molar-refractivity contribution in [1.82, 2.24) is 25.4 Å². The van der Waals surface area contributed by atoms with Crippen LogP contribution in [0.25, 0.3) is 0 Å². The molecule has 15 heavy (non-hydrogen) atoms. The molecule has 0 saturated heterocycles. The normalized spacial score (nSPS) is 10.2. The Hall–Kier alpha value is -2.03. The van der Waals surface area contributed by atoms with Gasteiger partial charge in [0.05, 0.1) is 0 Å². The molecule has 4 N–H and O–H groups in total. The topological polar surface area (TPSA) is 122 Å². The molecule has 0 spiro atoms. The Morgan fingerprint density at radius 2 is 2.33 bits per heavy atom. The number of carbonyl (C=O) groups excluding carboxylic acids is 1. The molecule has 9 heteroatoms. The van der Waals surface area contributed by atoms with Crippen LogP contribution >= 0.6 is 11.3 Å². The van der Waals surface area contributed by atoms with E-state index in [1.54, 1.807) is 6.92 Å². The Morgan fingerprint density at radius 3 is 2.87 bits per heavy atom. The highest BCUT2D eigenvalue weighted by atomic mass is 32.1. The van der Waals surface area contributed by atoms with Gasteiger partial charge in [-0.05, 0) is 6.92 Å². The molecule has 0 aliphatic rings. The molecule has 0 atom stereocenters. The lowest BCUT2D eigenvalue weighted by atomic mass is 10.6. The summed E-state index contributed by atoms with van der Waals surface area (Å²) in [7, 11) is 0. The first-order valence-corrected chi connectivity index (χ1v) is 4.76. The predicted octanol–water partition coefficient (Wildman–Crippen LogP) is -0.201. The van der Waals surface area contributed by atoms with Gasteiger partial charge < -0.3 is 5.73 Å². The largest absolute Gasteiger partial charge is 0.366 e. The number of aromatic amines is 1. The van der Waals surface area contributed by atoms with Crippen molar-refractivity contribution < 1.29 is 4.79 Å². The van der Waals surface area contributed by atoms with E-state index in [0.29, 0.717) is 5.13 Å². The van der Waals surface area contributed by atoms with Gasteiger partial charge in [0.15, 0.2) is 0 Å². The molecule has 0 unspecified atom stereocenters. The second kappa shape index (κ2) is 3.61. The lowest BCUT2D eigenvalue weighted by molar-refractivity contribution is 0.101. The van der Waals surface area contributed by atoms with Crippen LogP contribution in [0.1, 0.15) is 15.6 Å². The summed E-state index contributed by atoms with van der Waals surface area (Å²) in [6.07, 6.45) is 0. The van der Waals surface area contributed by atoms with E-state index in [-0.39, 0.29) is 11.8 Å². The third kappa shape index (κ3) is 2.07. The van der Waals surface area contributed by atoms with Gasteiger partial charge >= 0.3 is 0 Å². The zero-order valence-electron chi connectivity index (χ0n) is 7.68. The third-order valence-corrected chi connectivity index (χ3v) is 2.22. The molecule has 2 heterocycles. The quantitative estimate of drug-likeness (QED) is 0.650. The Labute approximate surface area is 87.9 Å². The summed E-state index contributed by atoms with van der Waals surface area (Å²) in [5.41, 5.74) is 5.26. The number of nitrogens with one attached hydrogen (secondary N) is 2. The summed E-state index contributed by atoms with van der Waals surface area (Å²) in [4.78, 5) is 15.1. The number of hydrogen-bond donors (Lipinski definition) is 3. The minimum Gasteiger partial charge on any atom is -0.366 e. The highest BCUT2D eigenvalue weighted by Gasteiger charge is 2.12. The van der Waals surface area contributed by atoms with Crippen LogP contribution in [0.5, 0.6) is 0 Å². The first kappa shape index (κ1) is 9.52. The van der Waals surface area contributed by atoms with E-state index >= 15 is 0 Å². The Kier molecular flexibility index (Phi) is 2.29. The van der Waals surface area contributed by atoms with E-state index in [1.165, 1.54) is 11.3 Å². The number of aryl methyl sites for hydroxylation is 1. The summed E-state index contributed by atoms with van der Waals surface area (Å²) >= 11 is 1.27. The van der Waals surface area contributed by atoms with Crippen molar-refractivity contribution in [3.05, 3.63) is 10.8 Å². The van der Waals surface area contributed by atoms with Gasteiger partial charge in [-0.3, -0.25) is 15.2 Å². The maximum atomic E-state index is 11.5. The summed E-state index contributed by atoms with van der Waals surface area (Å²) in [6.45, 7) is 1.79. The standard InChI is InChI=1S/C6H7N7OS/c1-2-10-13-6(15-2)9-4(14)3-8-5(7)12-11-3/h1H3,(H,9,13,14)(H3,7,8,11,12). The van der Waals surface area contributed by atoms with Crippen molar-refractivity contribution in [1.29, 1.82) is 0 Å². The first-order valence-electron chi connectivity index (χ1n) is 3.94. The SMILES string of the molecule is Cc1nnc(NC(=O)c2nc(N)n[nH]2)s1. The second-order valence-corrected chi connectivity index (χ2v) is 3.80. The maximum absolute atomic E-state index is 11.5. The maximum Gasteiger partial charge on any atom is 0.294 e. The number of hydrogen-bond acceptors (Lipinski definition) is 7. The average molecular weight is 225 g/mol. The van der Waals surface area contributed by atoms with Crippen LogP contribution in [-0.2, 0) is 0 Å². The number of H-pyrrole nitrogens is 1. The number of aromatic nitrogens is 5. The van der Waals surface area contributed by atoms with Crippen LogP contribution in [0.4, 0.5) is 11.1 Å². The molecule has 0 aliphatic heterocycles. The number of amides is 1. The summed E-state index contributed by atoms with van der Waals surface area (Å²) in [5, 5.41) is 17.1. The minimum atomic E-state index is -0.449. The number of nitrogen functional groups attached to an aromatic ring is 1. The molecule has 0 aromatic carbocycles.